The van der Waals surface area contributed by atoms with Crippen molar-refractivity contribution >= 4 is 21.7 Å². The lowest BCUT2D eigenvalue weighted by molar-refractivity contribution is 0.0969. The zero-order valence-electron chi connectivity index (χ0n) is 11.0. The molecule has 2 aromatic heterocycles. The van der Waals surface area contributed by atoms with Gasteiger partial charge in [0.15, 0.2) is 5.78 Å². The molecule has 0 fully saturated rings. The van der Waals surface area contributed by atoms with Gasteiger partial charge in [0.25, 0.3) is 0 Å². The van der Waals surface area contributed by atoms with Crippen LogP contribution in [0.2, 0.25) is 0 Å². The number of aromatic nitrogens is 3. The first-order valence-electron chi connectivity index (χ1n) is 6.24. The van der Waals surface area contributed by atoms with Gasteiger partial charge in [0.05, 0.1) is 10.7 Å². The number of nitrogens with zero attached hydrogens (tertiary/aromatic N) is 3. The molecule has 0 saturated carbocycles. The molecule has 0 bridgehead atoms. The number of rotatable bonds is 5. The monoisotopic (exact) mass is 321 g/mol. The maximum absolute atomic E-state index is 12.3. The van der Waals surface area contributed by atoms with Crippen LogP contribution >= 0.6 is 15.9 Å². The highest BCUT2D eigenvalue weighted by molar-refractivity contribution is 9.10. The lowest BCUT2D eigenvalue weighted by Gasteiger charge is -2.10. The van der Waals surface area contributed by atoms with Gasteiger partial charge in [0, 0.05) is 24.9 Å². The fraction of sp³-hybridized carbons (Fsp3) is 0.357. The zero-order valence-corrected chi connectivity index (χ0v) is 12.6. The van der Waals surface area contributed by atoms with E-state index in [4.69, 9.17) is 0 Å². The summed E-state index contributed by atoms with van der Waals surface area (Å²) in [6.07, 6.45) is 6.36. The first kappa shape index (κ1) is 13.9. The van der Waals surface area contributed by atoms with Crippen molar-refractivity contribution in [2.24, 2.45) is 0 Å². The molecular formula is C14H16BrN3O. The zero-order chi connectivity index (χ0) is 13.8. The SMILES string of the molecule is CC(C)n1ncc(Br)c1C(=O)CCc1ccncc1. The predicted octanol–water partition coefficient (Wildman–Crippen LogP) is 3.44. The second-order valence-electron chi connectivity index (χ2n) is 4.66. The summed E-state index contributed by atoms with van der Waals surface area (Å²) in [5.74, 6) is 0.106. The Bertz CT molecular complexity index is 563. The number of Topliss-reactive ketones (excluding diaryl/α,β-unsaturated/α-hetero) is 1. The molecule has 5 heteroatoms. The number of ketones is 1. The summed E-state index contributed by atoms with van der Waals surface area (Å²) in [5.41, 5.74) is 1.78. The van der Waals surface area contributed by atoms with Crippen LogP contribution in [0.5, 0.6) is 0 Å². The normalized spacial score (nSPS) is 10.9. The second-order valence-corrected chi connectivity index (χ2v) is 5.51. The molecule has 4 nitrogen and oxygen atoms in total. The summed E-state index contributed by atoms with van der Waals surface area (Å²) in [7, 11) is 0. The van der Waals surface area contributed by atoms with Crippen LogP contribution in [0, 0.1) is 0 Å². The van der Waals surface area contributed by atoms with E-state index in [0.29, 0.717) is 12.1 Å². The lowest BCUT2D eigenvalue weighted by atomic mass is 10.1. The molecule has 0 radical (unpaired) electrons. The Morgan fingerprint density at radius 1 is 1.37 bits per heavy atom. The summed E-state index contributed by atoms with van der Waals surface area (Å²) in [4.78, 5) is 16.3. The Morgan fingerprint density at radius 3 is 2.68 bits per heavy atom. The minimum atomic E-state index is 0.106. The molecule has 0 atom stereocenters. The number of carbonyl (C=O) groups is 1. The highest BCUT2D eigenvalue weighted by atomic mass is 79.9. The van der Waals surface area contributed by atoms with Crippen molar-refractivity contribution in [3.63, 3.8) is 0 Å². The van der Waals surface area contributed by atoms with Crippen LogP contribution in [0.25, 0.3) is 0 Å². The van der Waals surface area contributed by atoms with E-state index in [1.165, 1.54) is 0 Å². The number of carbonyl (C=O) groups excluding carboxylic acids is 1. The fourth-order valence-electron chi connectivity index (χ4n) is 1.92. The molecule has 0 unspecified atom stereocenters. The van der Waals surface area contributed by atoms with Gasteiger partial charge in [-0.3, -0.25) is 14.5 Å². The standard InChI is InChI=1S/C14H16BrN3O/c1-10(2)18-14(12(15)9-17-18)13(19)4-3-11-5-7-16-8-6-11/h5-10H,3-4H2,1-2H3. The molecule has 0 saturated heterocycles. The molecule has 2 rings (SSSR count). The highest BCUT2D eigenvalue weighted by Gasteiger charge is 2.18. The van der Waals surface area contributed by atoms with Crippen molar-refractivity contribution in [1.82, 2.24) is 14.8 Å². The number of aryl methyl sites for hydroxylation is 1. The first-order chi connectivity index (χ1) is 9.09. The van der Waals surface area contributed by atoms with Crippen molar-refractivity contribution in [1.29, 1.82) is 0 Å². The average molecular weight is 322 g/mol. The molecule has 0 N–H and O–H groups in total. The van der Waals surface area contributed by atoms with E-state index in [1.807, 2.05) is 26.0 Å². The van der Waals surface area contributed by atoms with Crippen LogP contribution in [0.3, 0.4) is 0 Å². The third kappa shape index (κ3) is 3.29. The minimum absolute atomic E-state index is 0.106. The van der Waals surface area contributed by atoms with Crippen LogP contribution in [0.4, 0.5) is 0 Å². The molecular weight excluding hydrogens is 306 g/mol. The van der Waals surface area contributed by atoms with Gasteiger partial charge in [-0.25, -0.2) is 0 Å². The molecule has 2 aromatic rings. The molecule has 0 aliphatic heterocycles. The molecule has 0 spiro atoms. The molecule has 0 aliphatic carbocycles. The van der Waals surface area contributed by atoms with Crippen LogP contribution in [-0.2, 0) is 6.42 Å². The maximum Gasteiger partial charge on any atom is 0.182 e. The van der Waals surface area contributed by atoms with Crippen LogP contribution in [0.15, 0.2) is 35.2 Å². The number of hydrogen-bond acceptors (Lipinski definition) is 3. The summed E-state index contributed by atoms with van der Waals surface area (Å²) in [6, 6.07) is 4.04. The summed E-state index contributed by atoms with van der Waals surface area (Å²) in [6.45, 7) is 4.03. The first-order valence-corrected chi connectivity index (χ1v) is 7.04. The molecule has 0 amide bonds. The van der Waals surface area contributed by atoms with Crippen LogP contribution in [0.1, 0.15) is 42.4 Å². The highest BCUT2D eigenvalue weighted by Crippen LogP contribution is 2.21. The fourth-order valence-corrected chi connectivity index (χ4v) is 2.41. The van der Waals surface area contributed by atoms with Crippen LogP contribution in [-0.4, -0.2) is 20.5 Å². The number of hydrogen-bond donors (Lipinski definition) is 0. The summed E-state index contributed by atoms with van der Waals surface area (Å²) in [5, 5.41) is 4.23. The van der Waals surface area contributed by atoms with Gasteiger partial charge in [-0.2, -0.15) is 5.10 Å². The van der Waals surface area contributed by atoms with Gasteiger partial charge >= 0.3 is 0 Å². The van der Waals surface area contributed by atoms with E-state index in [9.17, 15) is 4.79 Å². The largest absolute Gasteiger partial charge is 0.292 e. The Hall–Kier alpha value is -1.49. The van der Waals surface area contributed by atoms with Crippen molar-refractivity contribution < 1.29 is 4.79 Å². The third-order valence-electron chi connectivity index (χ3n) is 2.89. The van der Waals surface area contributed by atoms with E-state index < -0.39 is 0 Å². The molecule has 0 aliphatic rings. The lowest BCUT2D eigenvalue weighted by Crippen LogP contribution is -2.13. The van der Waals surface area contributed by atoms with E-state index in [1.54, 1.807) is 23.3 Å². The minimum Gasteiger partial charge on any atom is -0.292 e. The Balaban J connectivity index is 2.10. The van der Waals surface area contributed by atoms with E-state index >= 15 is 0 Å². The van der Waals surface area contributed by atoms with Crippen molar-refractivity contribution in [3.8, 4) is 0 Å². The molecule has 100 valence electrons. The average Bonchev–Trinajstić information content (AvgIpc) is 2.79. The molecule has 2 heterocycles. The van der Waals surface area contributed by atoms with E-state index in [0.717, 1.165) is 16.5 Å². The van der Waals surface area contributed by atoms with Gasteiger partial charge < -0.3 is 0 Å². The quantitative estimate of drug-likeness (QED) is 0.792. The van der Waals surface area contributed by atoms with Crippen LogP contribution < -0.4 is 0 Å². The smallest absolute Gasteiger partial charge is 0.182 e. The predicted molar refractivity (Wildman–Crippen MR) is 77.2 cm³/mol. The second kappa shape index (κ2) is 6.10. The van der Waals surface area contributed by atoms with Gasteiger partial charge in [0.2, 0.25) is 0 Å². The summed E-state index contributed by atoms with van der Waals surface area (Å²) < 4.78 is 2.53. The molecule has 0 aromatic carbocycles. The van der Waals surface area contributed by atoms with E-state index in [-0.39, 0.29) is 11.8 Å². The molecule has 19 heavy (non-hydrogen) atoms. The van der Waals surface area contributed by atoms with Gasteiger partial charge in [-0.15, -0.1) is 0 Å². The van der Waals surface area contributed by atoms with Gasteiger partial charge in [0.1, 0.15) is 5.69 Å². The van der Waals surface area contributed by atoms with Crippen molar-refractivity contribution in [2.45, 2.75) is 32.7 Å². The number of halogens is 1. The topological polar surface area (TPSA) is 47.8 Å². The van der Waals surface area contributed by atoms with Gasteiger partial charge in [-0.05, 0) is 53.9 Å². The third-order valence-corrected chi connectivity index (χ3v) is 3.47. The Kier molecular flexibility index (Phi) is 4.47. The maximum atomic E-state index is 12.3. The number of pyridine rings is 1. The summed E-state index contributed by atoms with van der Waals surface area (Å²) >= 11 is 3.40. The van der Waals surface area contributed by atoms with Gasteiger partial charge in [-0.1, -0.05) is 0 Å². The van der Waals surface area contributed by atoms with E-state index in [2.05, 4.69) is 26.0 Å². The van der Waals surface area contributed by atoms with Crippen molar-refractivity contribution in [3.05, 3.63) is 46.5 Å². The Labute approximate surface area is 121 Å². The van der Waals surface area contributed by atoms with Crippen molar-refractivity contribution in [2.75, 3.05) is 0 Å². The Morgan fingerprint density at radius 2 is 2.05 bits per heavy atom.